The molecule has 0 bridgehead atoms. The Morgan fingerprint density at radius 1 is 1.28 bits per heavy atom. The maximum atomic E-state index is 13.5. The highest BCUT2D eigenvalue weighted by atomic mass is 32.2. The van der Waals surface area contributed by atoms with E-state index in [4.69, 9.17) is 0 Å². The van der Waals surface area contributed by atoms with Crippen molar-refractivity contribution in [3.63, 3.8) is 0 Å². The van der Waals surface area contributed by atoms with Gasteiger partial charge >= 0.3 is 0 Å². The van der Waals surface area contributed by atoms with Crippen LogP contribution in [-0.4, -0.2) is 48.9 Å². The maximum absolute atomic E-state index is 13.5. The first-order chi connectivity index (χ1) is 15.1. The monoisotopic (exact) mass is 462 g/mol. The summed E-state index contributed by atoms with van der Waals surface area (Å²) in [7, 11) is -1.53. The van der Waals surface area contributed by atoms with Crippen molar-refractivity contribution in [3.05, 3.63) is 35.8 Å². The lowest BCUT2D eigenvalue weighted by molar-refractivity contribution is -0.127. The normalized spacial score (nSPS) is 19.8. The largest absolute Gasteiger partial charge is 0.347 e. The number of nitriles is 1. The van der Waals surface area contributed by atoms with E-state index in [1.165, 1.54) is 12.1 Å². The summed E-state index contributed by atoms with van der Waals surface area (Å²) in [5.74, 6) is -1.83. The van der Waals surface area contributed by atoms with Gasteiger partial charge < -0.3 is 15.2 Å². The van der Waals surface area contributed by atoms with Crippen LogP contribution in [0.25, 0.3) is 10.9 Å². The molecule has 0 aliphatic heterocycles. The van der Waals surface area contributed by atoms with Crippen LogP contribution < -0.4 is 10.6 Å². The molecule has 3 rings (SSSR count). The Hall–Kier alpha value is -2.93. The van der Waals surface area contributed by atoms with Crippen molar-refractivity contribution in [1.29, 1.82) is 5.26 Å². The molecular formula is C22H27FN4O4S. The molecule has 3 atom stereocenters. The summed E-state index contributed by atoms with van der Waals surface area (Å²) in [4.78, 5) is 25.8. The van der Waals surface area contributed by atoms with Crippen LogP contribution in [0, 0.1) is 23.1 Å². The minimum Gasteiger partial charge on any atom is -0.347 e. The third-order valence-corrected chi connectivity index (χ3v) is 6.88. The Morgan fingerprint density at radius 3 is 2.69 bits per heavy atom. The molecule has 1 heterocycles. The number of carbonyl (C=O) groups excluding carboxylic acids is 2. The van der Waals surface area contributed by atoms with E-state index in [9.17, 15) is 27.7 Å². The molecule has 2 aromatic rings. The zero-order chi connectivity index (χ0) is 23.5. The second-order valence-corrected chi connectivity index (χ2v) is 10.6. The molecule has 1 saturated carbocycles. The van der Waals surface area contributed by atoms with Crippen LogP contribution in [0.1, 0.15) is 42.6 Å². The van der Waals surface area contributed by atoms with Crippen LogP contribution >= 0.6 is 0 Å². The number of rotatable bonds is 7. The van der Waals surface area contributed by atoms with Crippen LogP contribution in [0.15, 0.2) is 24.3 Å². The van der Waals surface area contributed by atoms with Gasteiger partial charge in [0, 0.05) is 30.2 Å². The van der Waals surface area contributed by atoms with E-state index in [1.807, 2.05) is 6.07 Å². The van der Waals surface area contributed by atoms with Crippen LogP contribution in [0.2, 0.25) is 0 Å². The number of sulfone groups is 1. The Kier molecular flexibility index (Phi) is 7.19. The number of nitrogens with one attached hydrogen (secondary N) is 2. The predicted molar refractivity (Wildman–Crippen MR) is 118 cm³/mol. The van der Waals surface area contributed by atoms with Crippen LogP contribution in [0.3, 0.4) is 0 Å². The molecule has 1 fully saturated rings. The molecule has 10 heteroatoms. The molecule has 0 spiro atoms. The van der Waals surface area contributed by atoms with Crippen molar-refractivity contribution in [2.24, 2.45) is 13.0 Å². The number of aromatic nitrogens is 1. The molecule has 0 radical (unpaired) electrons. The Bertz CT molecular complexity index is 1170. The molecule has 2 N–H and O–H groups in total. The van der Waals surface area contributed by atoms with E-state index < -0.39 is 27.8 Å². The van der Waals surface area contributed by atoms with Gasteiger partial charge in [0.05, 0.1) is 17.7 Å². The van der Waals surface area contributed by atoms with Gasteiger partial charge in [-0.3, -0.25) is 9.59 Å². The molecule has 2 amide bonds. The third kappa shape index (κ3) is 5.65. The Morgan fingerprint density at radius 2 is 2.00 bits per heavy atom. The highest BCUT2D eigenvalue weighted by Crippen LogP contribution is 2.26. The number of hydrogen-bond acceptors (Lipinski definition) is 5. The van der Waals surface area contributed by atoms with Gasteiger partial charge in [0.2, 0.25) is 5.91 Å². The fourth-order valence-corrected chi connectivity index (χ4v) is 4.84. The Balaban J connectivity index is 1.71. The van der Waals surface area contributed by atoms with Crippen molar-refractivity contribution < 1.29 is 22.4 Å². The van der Waals surface area contributed by atoms with Gasteiger partial charge in [-0.1, -0.05) is 12.8 Å². The number of carbonyl (C=O) groups is 2. The van der Waals surface area contributed by atoms with E-state index in [1.54, 1.807) is 23.7 Å². The van der Waals surface area contributed by atoms with E-state index in [0.29, 0.717) is 23.9 Å². The minimum absolute atomic E-state index is 0.0112. The van der Waals surface area contributed by atoms with Gasteiger partial charge in [-0.25, -0.2) is 12.8 Å². The first-order valence-corrected chi connectivity index (χ1v) is 12.6. The van der Waals surface area contributed by atoms with E-state index in [-0.39, 0.29) is 29.8 Å². The van der Waals surface area contributed by atoms with Gasteiger partial charge in [0.1, 0.15) is 27.4 Å². The van der Waals surface area contributed by atoms with Crippen LogP contribution in [0.4, 0.5) is 4.39 Å². The summed E-state index contributed by atoms with van der Waals surface area (Å²) >= 11 is 0. The number of benzene rings is 1. The molecule has 1 aromatic carbocycles. The summed E-state index contributed by atoms with van der Waals surface area (Å²) in [5.41, 5.74) is 1.08. The lowest BCUT2D eigenvalue weighted by atomic mass is 9.83. The van der Waals surface area contributed by atoms with Gasteiger partial charge in [-0.15, -0.1) is 0 Å². The quantitative estimate of drug-likeness (QED) is 0.652. The van der Waals surface area contributed by atoms with Crippen molar-refractivity contribution in [2.45, 2.75) is 44.2 Å². The topological polar surface area (TPSA) is 121 Å². The van der Waals surface area contributed by atoms with E-state index >= 15 is 0 Å². The smallest absolute Gasteiger partial charge is 0.268 e. The van der Waals surface area contributed by atoms with Crippen LogP contribution in [0.5, 0.6) is 0 Å². The second kappa shape index (κ2) is 9.69. The van der Waals surface area contributed by atoms with Crippen molar-refractivity contribution >= 4 is 32.6 Å². The van der Waals surface area contributed by atoms with Crippen LogP contribution in [-0.2, 0) is 21.7 Å². The first kappa shape index (κ1) is 23.7. The number of hydrogen-bond donors (Lipinski definition) is 2. The lowest BCUT2D eigenvalue weighted by Gasteiger charge is -2.31. The molecule has 0 saturated heterocycles. The summed E-state index contributed by atoms with van der Waals surface area (Å²) in [6.45, 7) is 0. The molecule has 0 unspecified atom stereocenters. The highest BCUT2D eigenvalue weighted by Gasteiger charge is 2.33. The number of halogens is 1. The highest BCUT2D eigenvalue weighted by molar-refractivity contribution is 7.90. The van der Waals surface area contributed by atoms with E-state index in [0.717, 1.165) is 24.6 Å². The standard InChI is InChI=1S/C22H27FN4O4S/c1-27-19-8-7-15(23)11-14(19)12-20(27)22(29)26-18-6-4-3-5-17(18)21(28)25-16(13-24)9-10-32(2,30)31/h7-8,11-12,16-18H,3-6,9-10H2,1-2H3,(H,25,28)(H,26,29)/t16-,17+,18-/m0/s1. The molecule has 172 valence electrons. The van der Waals surface area contributed by atoms with Gasteiger partial charge in [-0.05, 0) is 43.5 Å². The average Bonchev–Trinajstić information content (AvgIpc) is 3.06. The molecule has 8 nitrogen and oxygen atoms in total. The summed E-state index contributed by atoms with van der Waals surface area (Å²) < 4.78 is 37.9. The third-order valence-electron chi connectivity index (χ3n) is 5.91. The first-order valence-electron chi connectivity index (χ1n) is 10.5. The van der Waals surface area contributed by atoms with E-state index in [2.05, 4.69) is 10.6 Å². The number of fused-ring (bicyclic) bond motifs is 1. The number of aryl methyl sites for hydroxylation is 1. The number of amides is 2. The molecule has 1 aliphatic rings. The van der Waals surface area contributed by atoms with Crippen molar-refractivity contribution in [3.8, 4) is 6.07 Å². The van der Waals surface area contributed by atoms with Gasteiger partial charge in [-0.2, -0.15) is 5.26 Å². The van der Waals surface area contributed by atoms with Crippen molar-refractivity contribution in [2.75, 3.05) is 12.0 Å². The summed E-state index contributed by atoms with van der Waals surface area (Å²) in [5, 5.41) is 15.5. The average molecular weight is 463 g/mol. The fourth-order valence-electron chi connectivity index (χ4n) is 4.18. The summed E-state index contributed by atoms with van der Waals surface area (Å²) in [6.07, 6.45) is 3.93. The van der Waals surface area contributed by atoms with Gasteiger partial charge in [0.25, 0.3) is 5.91 Å². The fraction of sp³-hybridized carbons (Fsp3) is 0.500. The zero-order valence-corrected chi connectivity index (χ0v) is 18.9. The molecule has 32 heavy (non-hydrogen) atoms. The molecular weight excluding hydrogens is 435 g/mol. The minimum atomic E-state index is -3.25. The predicted octanol–water partition coefficient (Wildman–Crippen LogP) is 2.05. The Labute approximate surface area is 186 Å². The molecule has 1 aromatic heterocycles. The summed E-state index contributed by atoms with van der Waals surface area (Å²) in [6, 6.07) is 6.52. The lowest BCUT2D eigenvalue weighted by Crippen LogP contribution is -2.50. The zero-order valence-electron chi connectivity index (χ0n) is 18.1. The van der Waals surface area contributed by atoms with Gasteiger partial charge in [0.15, 0.2) is 0 Å². The SMILES string of the molecule is Cn1c(C(=O)N[C@H]2CCCC[C@H]2C(=O)N[C@H](C#N)CCS(C)(=O)=O)cc2cc(F)ccc21. The molecule has 1 aliphatic carbocycles. The maximum Gasteiger partial charge on any atom is 0.268 e. The second-order valence-electron chi connectivity index (χ2n) is 8.37. The van der Waals surface area contributed by atoms with Crippen molar-refractivity contribution in [1.82, 2.24) is 15.2 Å². The number of nitrogens with zero attached hydrogens (tertiary/aromatic N) is 2.